The monoisotopic (exact) mass is 476 g/mol. The maximum Gasteiger partial charge on any atom is 0.192 e. The first-order valence-corrected chi connectivity index (χ1v) is 12.6. The van der Waals surface area contributed by atoms with E-state index >= 15 is 0 Å². The number of Topliss-reactive ketones (excluding diaryl/α,β-unsaturated/α-hetero) is 1. The van der Waals surface area contributed by atoms with Crippen molar-refractivity contribution in [1.82, 2.24) is 19.7 Å². The lowest BCUT2D eigenvalue weighted by Gasteiger charge is -2.25. The van der Waals surface area contributed by atoms with Crippen molar-refractivity contribution in [3.63, 3.8) is 0 Å². The van der Waals surface area contributed by atoms with Gasteiger partial charge in [0.15, 0.2) is 28.3 Å². The highest BCUT2D eigenvalue weighted by atomic mass is 32.2. The fourth-order valence-electron chi connectivity index (χ4n) is 4.73. The third-order valence-electron chi connectivity index (χ3n) is 6.47. The minimum atomic E-state index is 0.0771. The summed E-state index contributed by atoms with van der Waals surface area (Å²) in [6.45, 7) is 0. The van der Waals surface area contributed by atoms with Crippen LogP contribution in [0.1, 0.15) is 48.5 Å². The van der Waals surface area contributed by atoms with E-state index in [2.05, 4.69) is 19.7 Å². The minimum Gasteiger partial charge on any atom is -0.493 e. The van der Waals surface area contributed by atoms with Crippen molar-refractivity contribution in [2.45, 2.75) is 43.3 Å². The Morgan fingerprint density at radius 3 is 2.65 bits per heavy atom. The summed E-state index contributed by atoms with van der Waals surface area (Å²) in [7, 11) is 3.26. The number of hydrogen-bond acceptors (Lipinski definition) is 6. The lowest BCUT2D eigenvalue weighted by atomic mass is 9.95. The van der Waals surface area contributed by atoms with Gasteiger partial charge in [0.25, 0.3) is 0 Å². The Hall–Kier alpha value is -3.26. The zero-order valence-corrected chi connectivity index (χ0v) is 20.2. The van der Waals surface area contributed by atoms with E-state index in [4.69, 9.17) is 9.47 Å². The number of ether oxygens (including phenoxy) is 2. The summed E-state index contributed by atoms with van der Waals surface area (Å²) in [5.41, 5.74) is 2.61. The molecule has 0 amide bonds. The Morgan fingerprint density at radius 2 is 1.85 bits per heavy atom. The van der Waals surface area contributed by atoms with Gasteiger partial charge in [0.2, 0.25) is 0 Å². The van der Waals surface area contributed by atoms with E-state index in [1.54, 1.807) is 20.4 Å². The largest absolute Gasteiger partial charge is 0.493 e. The van der Waals surface area contributed by atoms with Crippen LogP contribution in [-0.2, 0) is 0 Å². The molecule has 0 radical (unpaired) electrons. The van der Waals surface area contributed by atoms with Crippen LogP contribution in [0, 0.1) is 0 Å². The number of carbonyl (C=O) groups excluding carboxylic acids is 1. The van der Waals surface area contributed by atoms with E-state index < -0.39 is 0 Å². The van der Waals surface area contributed by atoms with Crippen LogP contribution in [0.25, 0.3) is 22.3 Å². The number of aromatic amines is 1. The number of aromatic nitrogens is 4. The Kier molecular flexibility index (Phi) is 6.58. The number of fused-ring (bicyclic) bond motifs is 1. The van der Waals surface area contributed by atoms with Crippen molar-refractivity contribution < 1.29 is 14.3 Å². The molecule has 1 saturated carbocycles. The number of thioether (sulfide) groups is 1. The standard InChI is InChI=1S/C26H28N4O3S/c1-32-23-13-12-17(14-24(23)33-2)25-28-29-26(30(25)18-8-4-3-5-9-18)34-16-22(31)20-15-27-21-11-7-6-10-19(20)21/h6-7,10-15,18,27H,3-5,8-9,16H2,1-2H3. The van der Waals surface area contributed by atoms with E-state index in [-0.39, 0.29) is 5.78 Å². The lowest BCUT2D eigenvalue weighted by Crippen LogP contribution is -2.15. The average Bonchev–Trinajstić information content (AvgIpc) is 3.52. The third kappa shape index (κ3) is 4.30. The molecule has 1 fully saturated rings. The Morgan fingerprint density at radius 1 is 1.06 bits per heavy atom. The van der Waals surface area contributed by atoms with Gasteiger partial charge in [-0.2, -0.15) is 0 Å². The van der Waals surface area contributed by atoms with Crippen molar-refractivity contribution in [3.05, 3.63) is 54.2 Å². The highest BCUT2D eigenvalue weighted by Crippen LogP contribution is 2.38. The van der Waals surface area contributed by atoms with E-state index in [9.17, 15) is 4.79 Å². The smallest absolute Gasteiger partial charge is 0.192 e. The van der Waals surface area contributed by atoms with Gasteiger partial charge in [-0.05, 0) is 37.1 Å². The highest BCUT2D eigenvalue weighted by Gasteiger charge is 2.25. The van der Waals surface area contributed by atoms with Crippen molar-refractivity contribution >= 4 is 28.4 Å². The molecule has 0 aliphatic heterocycles. The highest BCUT2D eigenvalue weighted by molar-refractivity contribution is 7.99. The fourth-order valence-corrected chi connectivity index (χ4v) is 5.61. The molecular formula is C26H28N4O3S. The first-order chi connectivity index (χ1) is 16.7. The number of methoxy groups -OCH3 is 2. The molecule has 1 N–H and O–H groups in total. The molecule has 34 heavy (non-hydrogen) atoms. The topological polar surface area (TPSA) is 82.0 Å². The molecule has 0 saturated heterocycles. The van der Waals surface area contributed by atoms with Gasteiger partial charge in [0.05, 0.1) is 20.0 Å². The lowest BCUT2D eigenvalue weighted by molar-refractivity contribution is 0.102. The van der Waals surface area contributed by atoms with Gasteiger partial charge in [-0.15, -0.1) is 10.2 Å². The molecule has 8 heteroatoms. The molecular weight excluding hydrogens is 448 g/mol. The molecule has 1 aliphatic carbocycles. The number of carbonyl (C=O) groups is 1. The summed E-state index contributed by atoms with van der Waals surface area (Å²) in [6, 6.07) is 14.0. The average molecular weight is 477 g/mol. The molecule has 2 aromatic carbocycles. The molecule has 1 aliphatic rings. The van der Waals surface area contributed by atoms with E-state index in [1.165, 1.54) is 31.0 Å². The van der Waals surface area contributed by atoms with Gasteiger partial charge >= 0.3 is 0 Å². The maximum atomic E-state index is 13.1. The maximum absolute atomic E-state index is 13.1. The van der Waals surface area contributed by atoms with Gasteiger partial charge in [0, 0.05) is 34.3 Å². The molecule has 2 heterocycles. The van der Waals surface area contributed by atoms with Gasteiger partial charge in [-0.3, -0.25) is 9.36 Å². The number of ketones is 1. The molecule has 0 bridgehead atoms. The van der Waals surface area contributed by atoms with Crippen LogP contribution in [0.2, 0.25) is 0 Å². The van der Waals surface area contributed by atoms with Gasteiger partial charge < -0.3 is 14.5 Å². The fraction of sp³-hybridized carbons (Fsp3) is 0.346. The molecule has 2 aromatic heterocycles. The Balaban J connectivity index is 1.45. The number of benzene rings is 2. The van der Waals surface area contributed by atoms with Crippen LogP contribution in [0.5, 0.6) is 11.5 Å². The van der Waals surface area contributed by atoms with Gasteiger partial charge in [-0.25, -0.2) is 0 Å². The molecule has 4 aromatic rings. The van der Waals surface area contributed by atoms with Gasteiger partial charge in [0.1, 0.15) is 0 Å². The summed E-state index contributed by atoms with van der Waals surface area (Å²) in [5.74, 6) is 2.51. The summed E-state index contributed by atoms with van der Waals surface area (Å²) >= 11 is 1.46. The first kappa shape index (κ1) is 22.5. The minimum absolute atomic E-state index is 0.0771. The normalized spacial score (nSPS) is 14.4. The third-order valence-corrected chi connectivity index (χ3v) is 7.41. The van der Waals surface area contributed by atoms with Crippen LogP contribution in [0.15, 0.2) is 53.8 Å². The molecule has 176 valence electrons. The van der Waals surface area contributed by atoms with Crippen LogP contribution in [-0.4, -0.2) is 45.5 Å². The predicted octanol–water partition coefficient (Wildman–Crippen LogP) is 5.92. The van der Waals surface area contributed by atoms with Crippen molar-refractivity contribution in [1.29, 1.82) is 0 Å². The summed E-state index contributed by atoms with van der Waals surface area (Å²) in [5, 5.41) is 10.8. The number of H-pyrrole nitrogens is 1. The van der Waals surface area contributed by atoms with Gasteiger partial charge in [-0.1, -0.05) is 49.2 Å². The number of para-hydroxylation sites is 1. The van der Waals surface area contributed by atoms with E-state index in [0.29, 0.717) is 28.9 Å². The summed E-state index contributed by atoms with van der Waals surface area (Å²) < 4.78 is 13.1. The molecule has 5 rings (SSSR count). The molecule has 0 spiro atoms. The SMILES string of the molecule is COc1ccc(-c2nnc(SCC(=O)c3c[nH]c4ccccc34)n2C2CCCCC2)cc1OC. The van der Waals surface area contributed by atoms with E-state index in [0.717, 1.165) is 40.3 Å². The Bertz CT molecular complexity index is 1310. The summed E-state index contributed by atoms with van der Waals surface area (Å²) in [6.07, 6.45) is 7.60. The number of nitrogens with one attached hydrogen (secondary N) is 1. The van der Waals surface area contributed by atoms with Crippen molar-refractivity contribution in [2.24, 2.45) is 0 Å². The molecule has 7 nitrogen and oxygen atoms in total. The molecule has 0 unspecified atom stereocenters. The second kappa shape index (κ2) is 9.93. The van der Waals surface area contributed by atoms with Crippen LogP contribution >= 0.6 is 11.8 Å². The zero-order valence-electron chi connectivity index (χ0n) is 19.4. The summed E-state index contributed by atoms with van der Waals surface area (Å²) in [4.78, 5) is 16.3. The molecule has 0 atom stereocenters. The number of rotatable bonds is 8. The van der Waals surface area contributed by atoms with Crippen LogP contribution in [0.3, 0.4) is 0 Å². The number of hydrogen-bond donors (Lipinski definition) is 1. The second-order valence-corrected chi connectivity index (χ2v) is 9.44. The predicted molar refractivity (Wildman–Crippen MR) is 134 cm³/mol. The van der Waals surface area contributed by atoms with Crippen LogP contribution in [0.4, 0.5) is 0 Å². The van der Waals surface area contributed by atoms with Crippen LogP contribution < -0.4 is 9.47 Å². The quantitative estimate of drug-likeness (QED) is 0.251. The zero-order chi connectivity index (χ0) is 23.5. The van der Waals surface area contributed by atoms with E-state index in [1.807, 2.05) is 42.5 Å². The second-order valence-electron chi connectivity index (χ2n) is 8.50. The Labute approximate surface area is 202 Å². The van der Waals surface area contributed by atoms with Crippen molar-refractivity contribution in [2.75, 3.05) is 20.0 Å². The van der Waals surface area contributed by atoms with Crippen molar-refractivity contribution in [3.8, 4) is 22.9 Å². The number of nitrogens with zero attached hydrogens (tertiary/aromatic N) is 3. The first-order valence-electron chi connectivity index (χ1n) is 11.6.